The third kappa shape index (κ3) is 2.32. The minimum atomic E-state index is -0.141. The predicted octanol–water partition coefficient (Wildman–Crippen LogP) is 5.18. The summed E-state index contributed by atoms with van der Waals surface area (Å²) in [4.78, 5) is 15.9. The van der Waals surface area contributed by atoms with E-state index in [9.17, 15) is 4.79 Å². The van der Waals surface area contributed by atoms with Crippen LogP contribution >= 0.6 is 0 Å². The van der Waals surface area contributed by atoms with Gasteiger partial charge in [-0.05, 0) is 67.8 Å². The van der Waals surface area contributed by atoms with Crippen molar-refractivity contribution in [3.05, 3.63) is 41.7 Å². The number of pyridine rings is 1. The average Bonchev–Trinajstić information content (AvgIpc) is 3.40. The molecule has 4 heteroatoms. The molecule has 1 aromatic heterocycles. The van der Waals surface area contributed by atoms with Gasteiger partial charge in [0.05, 0.1) is 6.10 Å². The zero-order chi connectivity index (χ0) is 20.7. The quantitative estimate of drug-likeness (QED) is 0.385. The highest BCUT2D eigenvalue weighted by Gasteiger charge is 2.77. The molecule has 4 fully saturated rings. The lowest BCUT2D eigenvalue weighted by molar-refractivity contribution is -0.149. The van der Waals surface area contributed by atoms with Crippen LogP contribution in [0.25, 0.3) is 0 Å². The molecule has 1 aliphatic heterocycles. The molecule has 4 aliphatic carbocycles. The molecule has 0 amide bonds. The van der Waals surface area contributed by atoms with Gasteiger partial charge in [-0.15, -0.1) is 0 Å². The Labute approximate surface area is 179 Å². The molecule has 0 aromatic carbocycles. The smallest absolute Gasteiger partial charge is 0.302 e. The number of fused-ring (bicyclic) bond motifs is 7. The van der Waals surface area contributed by atoms with Gasteiger partial charge in [0.1, 0.15) is 11.7 Å². The molecular formula is C26H33NO3. The first-order chi connectivity index (χ1) is 14.4. The monoisotopic (exact) mass is 407 g/mol. The zero-order valence-corrected chi connectivity index (χ0v) is 18.4. The Kier molecular flexibility index (Phi) is 3.92. The third-order valence-corrected chi connectivity index (χ3v) is 9.91. The molecule has 160 valence electrons. The Morgan fingerprint density at radius 2 is 2.10 bits per heavy atom. The van der Waals surface area contributed by atoms with Crippen LogP contribution in [0.4, 0.5) is 0 Å². The molecule has 8 unspecified atom stereocenters. The number of epoxide rings is 1. The summed E-state index contributed by atoms with van der Waals surface area (Å²) in [6.45, 7) is 6.55. The van der Waals surface area contributed by atoms with Gasteiger partial charge in [0.2, 0.25) is 0 Å². The SMILES string of the molecule is CC(=O)OC1CCC2(C)C(=CCC3C2CCC2(C)C3CC3OC32c2cccnc2)C1. The van der Waals surface area contributed by atoms with Crippen molar-refractivity contribution in [1.82, 2.24) is 4.98 Å². The fourth-order valence-electron chi connectivity index (χ4n) is 8.48. The van der Waals surface area contributed by atoms with Crippen LogP contribution in [0.1, 0.15) is 71.3 Å². The minimum absolute atomic E-state index is 0.0774. The van der Waals surface area contributed by atoms with Gasteiger partial charge in [-0.25, -0.2) is 0 Å². The second-order valence-electron chi connectivity index (χ2n) is 11.0. The maximum absolute atomic E-state index is 11.5. The molecule has 0 bridgehead atoms. The number of esters is 1. The van der Waals surface area contributed by atoms with Crippen LogP contribution in [-0.2, 0) is 19.9 Å². The number of ether oxygens (including phenoxy) is 2. The van der Waals surface area contributed by atoms with Crippen LogP contribution in [0.5, 0.6) is 0 Å². The highest BCUT2D eigenvalue weighted by molar-refractivity contribution is 5.66. The van der Waals surface area contributed by atoms with Crippen molar-refractivity contribution >= 4 is 5.97 Å². The van der Waals surface area contributed by atoms with Crippen LogP contribution in [0.15, 0.2) is 36.2 Å². The molecule has 5 aliphatic rings. The van der Waals surface area contributed by atoms with Gasteiger partial charge < -0.3 is 9.47 Å². The topological polar surface area (TPSA) is 51.7 Å². The third-order valence-electron chi connectivity index (χ3n) is 9.91. The highest BCUT2D eigenvalue weighted by atomic mass is 16.6. The fraction of sp³-hybridized carbons (Fsp3) is 0.692. The van der Waals surface area contributed by atoms with E-state index < -0.39 is 0 Å². The van der Waals surface area contributed by atoms with E-state index in [1.165, 1.54) is 38.2 Å². The van der Waals surface area contributed by atoms with Gasteiger partial charge >= 0.3 is 5.97 Å². The summed E-state index contributed by atoms with van der Waals surface area (Å²) in [5.74, 6) is 2.07. The van der Waals surface area contributed by atoms with Crippen molar-refractivity contribution in [2.24, 2.45) is 28.6 Å². The normalized spacial score (nSPS) is 48.5. The summed E-state index contributed by atoms with van der Waals surface area (Å²) in [6, 6.07) is 4.28. The van der Waals surface area contributed by atoms with Crippen LogP contribution in [0, 0.1) is 28.6 Å². The van der Waals surface area contributed by atoms with E-state index in [4.69, 9.17) is 9.47 Å². The molecular weight excluding hydrogens is 374 g/mol. The van der Waals surface area contributed by atoms with E-state index in [0.29, 0.717) is 6.10 Å². The van der Waals surface area contributed by atoms with Gasteiger partial charge in [-0.2, -0.15) is 0 Å². The maximum atomic E-state index is 11.5. The van der Waals surface area contributed by atoms with Crippen LogP contribution in [0.2, 0.25) is 0 Å². The number of rotatable bonds is 2. The Hall–Kier alpha value is -1.68. The Bertz CT molecular complexity index is 912. The summed E-state index contributed by atoms with van der Waals surface area (Å²) in [5, 5.41) is 0. The first-order valence-electron chi connectivity index (χ1n) is 11.8. The Morgan fingerprint density at radius 3 is 2.87 bits per heavy atom. The number of hydrogen-bond donors (Lipinski definition) is 0. The van der Waals surface area contributed by atoms with Crippen molar-refractivity contribution in [3.63, 3.8) is 0 Å². The number of hydrogen-bond acceptors (Lipinski definition) is 4. The first kappa shape index (κ1) is 19.0. The second-order valence-corrected chi connectivity index (χ2v) is 11.0. The van der Waals surface area contributed by atoms with Gasteiger partial charge in [0, 0.05) is 36.7 Å². The van der Waals surface area contributed by atoms with Crippen molar-refractivity contribution in [2.75, 3.05) is 0 Å². The number of nitrogens with zero attached hydrogens (tertiary/aromatic N) is 1. The van der Waals surface area contributed by atoms with E-state index in [1.54, 1.807) is 5.57 Å². The van der Waals surface area contributed by atoms with Crippen molar-refractivity contribution < 1.29 is 14.3 Å². The number of carbonyl (C=O) groups is 1. The van der Waals surface area contributed by atoms with Crippen LogP contribution in [-0.4, -0.2) is 23.2 Å². The molecule has 0 radical (unpaired) electrons. The Morgan fingerprint density at radius 1 is 1.23 bits per heavy atom. The molecule has 0 spiro atoms. The van der Waals surface area contributed by atoms with Gasteiger partial charge in [0.15, 0.2) is 0 Å². The predicted molar refractivity (Wildman–Crippen MR) is 113 cm³/mol. The molecule has 0 N–H and O–H groups in total. The average molecular weight is 408 g/mol. The summed E-state index contributed by atoms with van der Waals surface area (Å²) < 4.78 is 12.0. The largest absolute Gasteiger partial charge is 0.462 e. The Balaban J connectivity index is 1.30. The molecule has 1 aromatic rings. The van der Waals surface area contributed by atoms with Crippen molar-refractivity contribution in [3.8, 4) is 0 Å². The molecule has 4 nitrogen and oxygen atoms in total. The van der Waals surface area contributed by atoms with E-state index in [-0.39, 0.29) is 28.5 Å². The fourth-order valence-corrected chi connectivity index (χ4v) is 8.48. The highest BCUT2D eigenvalue weighted by Crippen LogP contribution is 2.76. The lowest BCUT2D eigenvalue weighted by Crippen LogP contribution is -2.52. The second kappa shape index (κ2) is 6.18. The lowest BCUT2D eigenvalue weighted by atomic mass is 9.47. The maximum Gasteiger partial charge on any atom is 0.302 e. The van der Waals surface area contributed by atoms with Crippen LogP contribution < -0.4 is 0 Å². The summed E-state index contributed by atoms with van der Waals surface area (Å²) in [6.07, 6.45) is 14.9. The van der Waals surface area contributed by atoms with E-state index in [1.807, 2.05) is 12.4 Å². The van der Waals surface area contributed by atoms with Crippen LogP contribution in [0.3, 0.4) is 0 Å². The molecule has 6 rings (SSSR count). The summed E-state index contributed by atoms with van der Waals surface area (Å²) in [5.41, 5.74) is 3.23. The van der Waals surface area contributed by atoms with Gasteiger partial charge in [-0.3, -0.25) is 9.78 Å². The summed E-state index contributed by atoms with van der Waals surface area (Å²) in [7, 11) is 0. The minimum Gasteiger partial charge on any atom is -0.462 e. The molecule has 30 heavy (non-hydrogen) atoms. The summed E-state index contributed by atoms with van der Waals surface area (Å²) >= 11 is 0. The van der Waals surface area contributed by atoms with Gasteiger partial charge in [-0.1, -0.05) is 31.6 Å². The van der Waals surface area contributed by atoms with E-state index in [2.05, 4.69) is 37.0 Å². The molecule has 2 heterocycles. The first-order valence-corrected chi connectivity index (χ1v) is 11.8. The van der Waals surface area contributed by atoms with E-state index >= 15 is 0 Å². The number of aromatic nitrogens is 1. The van der Waals surface area contributed by atoms with Crippen molar-refractivity contribution in [2.45, 2.75) is 83.5 Å². The molecule has 3 saturated carbocycles. The lowest BCUT2D eigenvalue weighted by Gasteiger charge is -2.58. The number of allylic oxidation sites excluding steroid dienone is 1. The number of carbonyl (C=O) groups excluding carboxylic acids is 1. The zero-order valence-electron chi connectivity index (χ0n) is 18.4. The molecule has 8 atom stereocenters. The molecule has 1 saturated heterocycles. The standard InChI is InChI=1S/C26H33NO3/c1-16(28)29-19-8-10-24(2)17(13-19)6-7-20-21(24)9-11-25(3)22(20)14-23-26(25,30-23)18-5-4-12-27-15-18/h4-6,12,15,19-23H,7-11,13-14H2,1-3H3. The van der Waals surface area contributed by atoms with Crippen molar-refractivity contribution in [1.29, 1.82) is 0 Å². The van der Waals surface area contributed by atoms with E-state index in [0.717, 1.165) is 37.0 Å². The van der Waals surface area contributed by atoms with Gasteiger partial charge in [0.25, 0.3) is 0 Å².